The van der Waals surface area contributed by atoms with E-state index < -0.39 is 5.97 Å². The first-order valence-corrected chi connectivity index (χ1v) is 9.26. The number of benzene rings is 2. The first kappa shape index (κ1) is 19.4. The molecule has 0 radical (unpaired) electrons. The van der Waals surface area contributed by atoms with Gasteiger partial charge >= 0.3 is 5.97 Å². The maximum absolute atomic E-state index is 12.1. The van der Waals surface area contributed by atoms with Gasteiger partial charge in [0.25, 0.3) is 0 Å². The predicted molar refractivity (Wildman–Crippen MR) is 110 cm³/mol. The number of cyclic esters (lactones) is 1. The molecule has 1 aliphatic rings. The van der Waals surface area contributed by atoms with Crippen molar-refractivity contribution in [1.29, 1.82) is 0 Å². The fraction of sp³-hybridized carbons (Fsp3) is 0.217. The number of nitrogens with zero attached hydrogens (tertiary/aromatic N) is 1. The molecule has 28 heavy (non-hydrogen) atoms. The minimum absolute atomic E-state index is 0.254. The van der Waals surface area contributed by atoms with Crippen LogP contribution in [0.25, 0.3) is 6.08 Å². The van der Waals surface area contributed by atoms with Crippen LogP contribution in [0.5, 0.6) is 11.5 Å². The summed E-state index contributed by atoms with van der Waals surface area (Å²) in [5, 5.41) is 0. The zero-order valence-electron chi connectivity index (χ0n) is 16.1. The monoisotopic (exact) mass is 377 g/mol. The first-order valence-electron chi connectivity index (χ1n) is 9.26. The summed E-state index contributed by atoms with van der Waals surface area (Å²) in [5.74, 6) is 1.37. The molecule has 5 heteroatoms. The van der Waals surface area contributed by atoms with Crippen molar-refractivity contribution in [2.45, 2.75) is 19.8 Å². The third-order valence-electron chi connectivity index (χ3n) is 4.16. The van der Waals surface area contributed by atoms with Gasteiger partial charge in [-0.15, -0.1) is 0 Å². The second-order valence-electron chi connectivity index (χ2n) is 6.19. The molecule has 0 unspecified atom stereocenters. The molecule has 0 amide bonds. The van der Waals surface area contributed by atoms with Crippen molar-refractivity contribution >= 4 is 17.9 Å². The van der Waals surface area contributed by atoms with Gasteiger partial charge in [-0.05, 0) is 42.8 Å². The normalized spacial score (nSPS) is 15.0. The number of aliphatic imine (C=N–C) groups is 1. The van der Waals surface area contributed by atoms with Crippen molar-refractivity contribution < 1.29 is 19.0 Å². The smallest absolute Gasteiger partial charge is 0.363 e. The van der Waals surface area contributed by atoms with Crippen LogP contribution in [0, 0.1) is 0 Å². The topological polar surface area (TPSA) is 57.1 Å². The summed E-state index contributed by atoms with van der Waals surface area (Å²) in [5.41, 5.74) is 1.90. The van der Waals surface area contributed by atoms with Crippen LogP contribution in [-0.4, -0.2) is 25.6 Å². The second kappa shape index (κ2) is 9.55. The van der Waals surface area contributed by atoms with E-state index in [9.17, 15) is 4.79 Å². The van der Waals surface area contributed by atoms with E-state index in [1.165, 1.54) is 0 Å². The van der Waals surface area contributed by atoms with E-state index >= 15 is 0 Å². The number of para-hydroxylation sites is 1. The Morgan fingerprint density at radius 2 is 1.89 bits per heavy atom. The molecule has 0 fully saturated rings. The average Bonchev–Trinajstić information content (AvgIpc) is 3.10. The zero-order chi connectivity index (χ0) is 19.8. The minimum Gasteiger partial charge on any atom is -0.496 e. The average molecular weight is 377 g/mol. The lowest BCUT2D eigenvalue weighted by Crippen LogP contribution is -2.05. The Labute approximate surface area is 165 Å². The van der Waals surface area contributed by atoms with Crippen molar-refractivity contribution in [1.82, 2.24) is 0 Å². The lowest BCUT2D eigenvalue weighted by atomic mass is 10.2. The lowest BCUT2D eigenvalue weighted by molar-refractivity contribution is -0.130. The molecule has 0 N–H and O–H groups in total. The molecular weight excluding hydrogens is 354 g/mol. The highest BCUT2D eigenvalue weighted by molar-refractivity contribution is 6.11. The number of hydrogen-bond donors (Lipinski definition) is 0. The van der Waals surface area contributed by atoms with Gasteiger partial charge < -0.3 is 14.2 Å². The molecule has 0 spiro atoms. The molecule has 0 saturated carbocycles. The van der Waals surface area contributed by atoms with Crippen molar-refractivity contribution in [2.75, 3.05) is 13.7 Å². The molecule has 2 aromatic rings. The van der Waals surface area contributed by atoms with Gasteiger partial charge in [-0.25, -0.2) is 9.79 Å². The number of carbonyl (C=O) groups excluding carboxylic acids is 1. The fourth-order valence-electron chi connectivity index (χ4n) is 2.62. The predicted octanol–water partition coefficient (Wildman–Crippen LogP) is 4.77. The summed E-state index contributed by atoms with van der Waals surface area (Å²) in [4.78, 5) is 16.4. The molecule has 0 atom stereocenters. The van der Waals surface area contributed by atoms with E-state index in [4.69, 9.17) is 14.2 Å². The summed E-state index contributed by atoms with van der Waals surface area (Å²) in [6, 6.07) is 15.0. The van der Waals surface area contributed by atoms with Gasteiger partial charge in [0.2, 0.25) is 5.90 Å². The number of unbranched alkanes of at least 4 members (excludes halogenated alkanes) is 1. The van der Waals surface area contributed by atoms with Crippen LogP contribution in [0.2, 0.25) is 0 Å². The van der Waals surface area contributed by atoms with Crippen LogP contribution < -0.4 is 9.47 Å². The summed E-state index contributed by atoms with van der Waals surface area (Å²) in [7, 11) is 1.62. The molecule has 1 heterocycles. The highest BCUT2D eigenvalue weighted by Crippen LogP contribution is 2.21. The van der Waals surface area contributed by atoms with E-state index in [0.717, 1.165) is 35.5 Å². The lowest BCUT2D eigenvalue weighted by Gasteiger charge is -2.05. The molecule has 0 aromatic heterocycles. The van der Waals surface area contributed by atoms with Crippen LogP contribution in [0.1, 0.15) is 30.9 Å². The standard InChI is InChI=1S/C23H23NO4/c1-3-4-16-27-19-14-12-18(13-15-19)22-24-20(23(25)28-22)10-7-9-17-8-5-6-11-21(17)26-2/h5-15H,3-4,16H2,1-2H3. The highest BCUT2D eigenvalue weighted by atomic mass is 16.6. The Bertz CT molecular complexity index is 910. The number of ether oxygens (including phenoxy) is 3. The van der Waals surface area contributed by atoms with Crippen molar-refractivity contribution in [3.63, 3.8) is 0 Å². The molecular formula is C23H23NO4. The van der Waals surface area contributed by atoms with Gasteiger partial charge in [-0.3, -0.25) is 0 Å². The number of esters is 1. The third-order valence-corrected chi connectivity index (χ3v) is 4.16. The zero-order valence-corrected chi connectivity index (χ0v) is 16.1. The Balaban J connectivity index is 1.70. The Kier molecular flexibility index (Phi) is 6.63. The van der Waals surface area contributed by atoms with Gasteiger partial charge in [0, 0.05) is 11.1 Å². The summed E-state index contributed by atoms with van der Waals surface area (Å²) >= 11 is 0. The van der Waals surface area contributed by atoms with Gasteiger partial charge in [0.15, 0.2) is 5.70 Å². The Morgan fingerprint density at radius 3 is 2.64 bits per heavy atom. The number of rotatable bonds is 8. The fourth-order valence-corrected chi connectivity index (χ4v) is 2.62. The van der Waals surface area contributed by atoms with Gasteiger partial charge in [0.05, 0.1) is 13.7 Å². The largest absolute Gasteiger partial charge is 0.496 e. The minimum atomic E-state index is -0.469. The number of hydrogen-bond acceptors (Lipinski definition) is 5. The van der Waals surface area contributed by atoms with Gasteiger partial charge in [-0.1, -0.05) is 43.7 Å². The summed E-state index contributed by atoms with van der Waals surface area (Å²) in [6.07, 6.45) is 7.35. The Morgan fingerprint density at radius 1 is 1.11 bits per heavy atom. The van der Waals surface area contributed by atoms with E-state index in [0.29, 0.717) is 12.5 Å². The maximum atomic E-state index is 12.1. The van der Waals surface area contributed by atoms with E-state index in [1.807, 2.05) is 54.6 Å². The maximum Gasteiger partial charge on any atom is 0.363 e. The molecule has 2 aromatic carbocycles. The van der Waals surface area contributed by atoms with Crippen LogP contribution in [0.4, 0.5) is 0 Å². The molecule has 0 bridgehead atoms. The van der Waals surface area contributed by atoms with Crippen molar-refractivity contribution in [2.24, 2.45) is 4.99 Å². The quantitative estimate of drug-likeness (QED) is 0.378. The Hall–Kier alpha value is -3.34. The number of carbonyl (C=O) groups is 1. The van der Waals surface area contributed by atoms with Crippen molar-refractivity contribution in [3.8, 4) is 11.5 Å². The van der Waals surface area contributed by atoms with E-state index in [1.54, 1.807) is 19.3 Å². The van der Waals surface area contributed by atoms with E-state index in [-0.39, 0.29) is 5.70 Å². The summed E-state index contributed by atoms with van der Waals surface area (Å²) < 4.78 is 16.2. The first-order chi connectivity index (χ1) is 13.7. The van der Waals surface area contributed by atoms with Crippen LogP contribution in [-0.2, 0) is 9.53 Å². The number of methoxy groups -OCH3 is 1. The van der Waals surface area contributed by atoms with Gasteiger partial charge in [-0.2, -0.15) is 0 Å². The van der Waals surface area contributed by atoms with Crippen LogP contribution in [0.15, 0.2) is 71.4 Å². The van der Waals surface area contributed by atoms with Crippen LogP contribution in [0.3, 0.4) is 0 Å². The molecule has 0 saturated heterocycles. The van der Waals surface area contributed by atoms with E-state index in [2.05, 4.69) is 11.9 Å². The second-order valence-corrected chi connectivity index (χ2v) is 6.19. The number of allylic oxidation sites excluding steroid dienone is 2. The molecule has 5 nitrogen and oxygen atoms in total. The SMILES string of the molecule is CCCCOc1ccc(C2=NC(=CC=Cc3ccccc3OC)C(=O)O2)cc1. The third kappa shape index (κ3) is 4.88. The molecule has 1 aliphatic heterocycles. The molecule has 3 rings (SSSR count). The summed E-state index contributed by atoms with van der Waals surface area (Å²) in [6.45, 7) is 2.81. The highest BCUT2D eigenvalue weighted by Gasteiger charge is 2.23. The molecule has 0 aliphatic carbocycles. The molecule has 144 valence electrons. The van der Waals surface area contributed by atoms with Gasteiger partial charge in [0.1, 0.15) is 11.5 Å². The van der Waals surface area contributed by atoms with Crippen LogP contribution >= 0.6 is 0 Å². The van der Waals surface area contributed by atoms with Crippen molar-refractivity contribution in [3.05, 3.63) is 77.5 Å².